The monoisotopic (exact) mass is 1330 g/mol. The third-order valence-electron chi connectivity index (χ3n) is 21.4. The fourth-order valence-corrected chi connectivity index (χ4v) is 15.8. The highest BCUT2D eigenvalue weighted by Crippen LogP contribution is 2.53. The number of anilines is 10. The highest BCUT2D eigenvalue weighted by molar-refractivity contribution is 5.88. The molecular weight excluding hydrogens is 1250 g/mol. The Morgan fingerprint density at radius 2 is 0.480 bits per heavy atom. The van der Waals surface area contributed by atoms with Gasteiger partial charge in [0.25, 0.3) is 0 Å². The molecule has 16 rings (SSSR count). The number of allylic oxidation sites excluding steroid dienone is 8. The topological polar surface area (TPSA) is 49.9 Å². The number of benzene rings is 12. The lowest BCUT2D eigenvalue weighted by atomic mass is 9.82. The molecule has 502 valence electrons. The molecule has 12 aromatic rings. The first kappa shape index (κ1) is 64.7. The van der Waals surface area contributed by atoms with Gasteiger partial charge in [-0.15, -0.1) is 0 Å². The van der Waals surface area contributed by atoms with Crippen molar-refractivity contribution in [2.75, 3.05) is 48.0 Å². The summed E-state index contributed by atoms with van der Waals surface area (Å²) in [6.07, 6.45) is 13.2. The van der Waals surface area contributed by atoms with E-state index < -0.39 is 0 Å². The Kier molecular flexibility index (Phi) is 17.1. The Bertz CT molecular complexity index is 4800. The first-order valence-corrected chi connectivity index (χ1v) is 35.3. The number of ether oxygens (including phenoxy) is 4. The number of fused-ring (bicyclic) bond motifs is 6. The highest BCUT2D eigenvalue weighted by atomic mass is 16.5. The van der Waals surface area contributed by atoms with Gasteiger partial charge in [-0.2, -0.15) is 0 Å². The number of hydrogen-bond donors (Lipinski definition) is 0. The molecule has 8 nitrogen and oxygen atoms in total. The predicted octanol–water partition coefficient (Wildman–Crippen LogP) is 24.8. The molecular formula is C94H82N4O4. The van der Waals surface area contributed by atoms with Crippen molar-refractivity contribution in [3.8, 4) is 67.5 Å². The van der Waals surface area contributed by atoms with Gasteiger partial charge in [-0.3, -0.25) is 0 Å². The maximum absolute atomic E-state index is 5.53. The van der Waals surface area contributed by atoms with Gasteiger partial charge < -0.3 is 38.5 Å². The van der Waals surface area contributed by atoms with Crippen LogP contribution in [0.1, 0.15) is 75.6 Å². The minimum absolute atomic E-state index is 0.147. The molecule has 0 unspecified atom stereocenters. The minimum Gasteiger partial charge on any atom is -0.497 e. The molecule has 0 bridgehead atoms. The number of rotatable bonds is 19. The van der Waals surface area contributed by atoms with Gasteiger partial charge in [-0.05, 0) is 286 Å². The molecule has 12 aromatic carbocycles. The summed E-state index contributed by atoms with van der Waals surface area (Å²) >= 11 is 0. The average Bonchev–Trinajstić information content (AvgIpc) is 1.58. The van der Waals surface area contributed by atoms with Gasteiger partial charge in [0, 0.05) is 79.1 Å². The smallest absolute Gasteiger partial charge is 0.119 e. The van der Waals surface area contributed by atoms with Gasteiger partial charge in [0.15, 0.2) is 0 Å². The molecule has 4 aliphatic rings. The molecule has 0 atom stereocenters. The van der Waals surface area contributed by atoms with E-state index >= 15 is 0 Å². The van der Waals surface area contributed by atoms with Gasteiger partial charge in [-0.25, -0.2) is 0 Å². The molecule has 8 heteroatoms. The number of hydrogen-bond acceptors (Lipinski definition) is 8. The first-order chi connectivity index (χ1) is 49.8. The molecule has 0 saturated carbocycles. The Balaban J connectivity index is 0.708. The maximum Gasteiger partial charge on any atom is 0.119 e. The van der Waals surface area contributed by atoms with Crippen LogP contribution in [0, 0.1) is 0 Å². The lowest BCUT2D eigenvalue weighted by molar-refractivity contribution is 0.414. The van der Waals surface area contributed by atoms with E-state index in [9.17, 15) is 0 Å². The third-order valence-corrected chi connectivity index (χ3v) is 21.4. The maximum atomic E-state index is 5.53. The van der Waals surface area contributed by atoms with E-state index in [1.54, 1.807) is 28.4 Å². The van der Waals surface area contributed by atoms with Crippen molar-refractivity contribution in [1.82, 2.24) is 0 Å². The Hall–Kier alpha value is -12.0. The summed E-state index contributed by atoms with van der Waals surface area (Å²) in [5, 5.41) is 0. The summed E-state index contributed by atoms with van der Waals surface area (Å²) < 4.78 is 22.1. The van der Waals surface area contributed by atoms with Crippen LogP contribution in [0.5, 0.6) is 23.0 Å². The third kappa shape index (κ3) is 12.0. The van der Waals surface area contributed by atoms with Crippen molar-refractivity contribution < 1.29 is 18.9 Å². The van der Waals surface area contributed by atoms with Crippen LogP contribution in [0.2, 0.25) is 0 Å². The van der Waals surface area contributed by atoms with Crippen molar-refractivity contribution in [1.29, 1.82) is 0 Å². The van der Waals surface area contributed by atoms with Crippen molar-refractivity contribution in [2.45, 2.75) is 64.2 Å². The van der Waals surface area contributed by atoms with Crippen LogP contribution in [-0.2, 0) is 10.8 Å². The summed E-state index contributed by atoms with van der Waals surface area (Å²) in [5.41, 5.74) is 31.2. The lowest BCUT2D eigenvalue weighted by Gasteiger charge is -2.33. The molecule has 0 radical (unpaired) electrons. The summed E-state index contributed by atoms with van der Waals surface area (Å²) in [6.45, 7) is 9.49. The Labute approximate surface area is 600 Å². The SMILES string of the molecule is COc1ccc(N(c2ccc(OC)cc2)c2ccc(-c3ccc(N(C4=CC=C(C5=CC=C(N(c6ccc(-c7ccc(N(c8ccc(OC)cc8)c8ccc(OC)cc8)cc7)cc6)c6ccc7c(c6)C(C)(C)c6ccccc6-7)CC5)CC4)c4ccc5c(c4)C(C)(C)c4ccccc4-5)cc3)cc2)cc1. The lowest BCUT2D eigenvalue weighted by Crippen LogP contribution is -2.21. The quantitative estimate of drug-likeness (QED) is 0.0794. The van der Waals surface area contributed by atoms with Crippen LogP contribution >= 0.6 is 0 Å². The van der Waals surface area contributed by atoms with Gasteiger partial charge in [-0.1, -0.05) is 149 Å². The van der Waals surface area contributed by atoms with Crippen LogP contribution in [0.15, 0.2) is 326 Å². The van der Waals surface area contributed by atoms with Crippen LogP contribution in [0.4, 0.5) is 56.9 Å². The molecule has 4 aliphatic carbocycles. The molecule has 0 saturated heterocycles. The van der Waals surface area contributed by atoms with Crippen LogP contribution in [0.25, 0.3) is 44.5 Å². The molecule has 0 amide bonds. The fourth-order valence-electron chi connectivity index (χ4n) is 15.8. The van der Waals surface area contributed by atoms with Crippen molar-refractivity contribution in [2.24, 2.45) is 0 Å². The van der Waals surface area contributed by atoms with E-state index in [0.29, 0.717) is 0 Å². The van der Waals surface area contributed by atoms with E-state index in [1.807, 2.05) is 48.5 Å². The van der Waals surface area contributed by atoms with Crippen molar-refractivity contribution in [3.05, 3.63) is 348 Å². The largest absolute Gasteiger partial charge is 0.497 e. The second kappa shape index (κ2) is 26.9. The summed E-state index contributed by atoms with van der Waals surface area (Å²) in [7, 11) is 6.79. The molecule has 0 spiro atoms. The summed E-state index contributed by atoms with van der Waals surface area (Å²) in [6, 6.07) is 101. The van der Waals surface area contributed by atoms with Crippen LogP contribution in [-0.4, -0.2) is 28.4 Å². The van der Waals surface area contributed by atoms with E-state index in [0.717, 1.165) is 116 Å². The zero-order valence-electron chi connectivity index (χ0n) is 59.1. The fraction of sp³-hybridized carbons (Fsp3) is 0.149. The van der Waals surface area contributed by atoms with Crippen LogP contribution in [0.3, 0.4) is 0 Å². The van der Waals surface area contributed by atoms with Crippen molar-refractivity contribution >= 4 is 56.9 Å². The average molecular weight is 1330 g/mol. The molecule has 0 heterocycles. The standard InChI is InChI=1S/C94H82N4O4/c1-93(2)89-15-11-9-13-85(89)87-59-49-79(61-91(87)93)97(71-33-21-65(22-34-71)63-17-29-69(30-18-63)95(75-41-51-81(99-5)52-42-75)76-43-53-82(100-6)54-44-76)73-37-25-67(26-38-73)68-27-39-74(40-28-68)98(80-50-60-88-86-14-10-12-16-90(86)94(3,4)92(88)62-80)72-35-23-66(24-36-72)64-19-31-70(32-20-64)96(77-45-55-83(101-7)56-46-77)78-47-57-84(102-8)58-48-78/h9-25,27,29-37,39,41-62H,26,28,38,40H2,1-8H3. The molecule has 0 aliphatic heterocycles. The first-order valence-electron chi connectivity index (χ1n) is 35.3. The molecule has 0 N–H and O–H groups in total. The van der Waals surface area contributed by atoms with Gasteiger partial charge in [0.05, 0.1) is 28.4 Å². The van der Waals surface area contributed by atoms with E-state index in [4.69, 9.17) is 18.9 Å². The van der Waals surface area contributed by atoms with Gasteiger partial charge in [0.2, 0.25) is 0 Å². The van der Waals surface area contributed by atoms with Crippen LogP contribution < -0.4 is 38.5 Å². The predicted molar refractivity (Wildman–Crippen MR) is 422 cm³/mol. The number of nitrogens with zero attached hydrogens (tertiary/aromatic N) is 4. The highest BCUT2D eigenvalue weighted by Gasteiger charge is 2.38. The van der Waals surface area contributed by atoms with Gasteiger partial charge >= 0.3 is 0 Å². The summed E-state index contributed by atoms with van der Waals surface area (Å²) in [5.74, 6) is 3.25. The van der Waals surface area contributed by atoms with E-state index in [1.165, 1.54) is 78.4 Å². The summed E-state index contributed by atoms with van der Waals surface area (Å²) in [4.78, 5) is 9.52. The zero-order valence-corrected chi connectivity index (χ0v) is 59.1. The second-order valence-electron chi connectivity index (χ2n) is 27.8. The van der Waals surface area contributed by atoms with E-state index in [-0.39, 0.29) is 10.8 Å². The number of methoxy groups -OCH3 is 4. The van der Waals surface area contributed by atoms with Crippen molar-refractivity contribution in [3.63, 3.8) is 0 Å². The Morgan fingerprint density at radius 1 is 0.235 bits per heavy atom. The molecule has 0 aromatic heterocycles. The minimum atomic E-state index is -0.147. The normalized spacial score (nSPS) is 14.3. The van der Waals surface area contributed by atoms with Gasteiger partial charge in [0.1, 0.15) is 23.0 Å². The zero-order chi connectivity index (χ0) is 69.6. The second-order valence-corrected chi connectivity index (χ2v) is 27.8. The van der Waals surface area contributed by atoms with E-state index in [2.05, 4.69) is 302 Å². The molecule has 102 heavy (non-hydrogen) atoms. The molecule has 0 fully saturated rings. The Morgan fingerprint density at radius 3 is 0.745 bits per heavy atom.